The Kier molecular flexibility index (Phi) is 7.52. The molecule has 3 rings (SSSR count). The Morgan fingerprint density at radius 1 is 0.812 bits per heavy atom. The summed E-state index contributed by atoms with van der Waals surface area (Å²) in [7, 11) is -2.16. The lowest BCUT2D eigenvalue weighted by atomic mass is 10.1. The molecule has 0 aliphatic carbocycles. The molecule has 0 aliphatic heterocycles. The van der Waals surface area contributed by atoms with Gasteiger partial charge in [0.15, 0.2) is 0 Å². The molecule has 0 saturated carbocycles. The highest BCUT2D eigenvalue weighted by Gasteiger charge is 2.12. The van der Waals surface area contributed by atoms with Gasteiger partial charge in [0, 0.05) is 33.4 Å². The third-order valence-corrected chi connectivity index (χ3v) is 6.35. The molecule has 0 heterocycles. The number of benzene rings is 3. The first-order valence-electron chi connectivity index (χ1n) is 9.36. The van der Waals surface area contributed by atoms with Crippen LogP contribution in [0.5, 0.6) is 0 Å². The molecule has 7 nitrogen and oxygen atoms in total. The van der Waals surface area contributed by atoms with Crippen molar-refractivity contribution in [1.82, 2.24) is 10.0 Å². The van der Waals surface area contributed by atoms with E-state index >= 15 is 0 Å². The van der Waals surface area contributed by atoms with E-state index in [0.717, 1.165) is 5.56 Å². The van der Waals surface area contributed by atoms with Crippen LogP contribution in [-0.2, 0) is 16.6 Å². The van der Waals surface area contributed by atoms with Gasteiger partial charge in [-0.25, -0.2) is 13.1 Å². The second-order valence-electron chi connectivity index (χ2n) is 6.72. The van der Waals surface area contributed by atoms with Crippen LogP contribution in [0, 0.1) is 0 Å². The van der Waals surface area contributed by atoms with E-state index in [1.54, 1.807) is 36.4 Å². The minimum absolute atomic E-state index is 0.146. The fourth-order valence-corrected chi connectivity index (χ4v) is 4.04. The number of anilines is 1. The number of hydrogen-bond acceptors (Lipinski definition) is 4. The lowest BCUT2D eigenvalue weighted by Crippen LogP contribution is -2.23. The van der Waals surface area contributed by atoms with Gasteiger partial charge < -0.3 is 10.6 Å². The maximum atomic E-state index is 12.4. The van der Waals surface area contributed by atoms with E-state index in [4.69, 9.17) is 23.2 Å². The second-order valence-corrected chi connectivity index (χ2v) is 9.48. The van der Waals surface area contributed by atoms with Gasteiger partial charge in [-0.05, 0) is 67.2 Å². The van der Waals surface area contributed by atoms with E-state index in [-0.39, 0.29) is 23.3 Å². The molecule has 3 aromatic rings. The molecule has 0 fully saturated rings. The first kappa shape index (κ1) is 23.7. The fraction of sp³-hybridized carbons (Fsp3) is 0.0909. The molecule has 0 aliphatic rings. The van der Waals surface area contributed by atoms with Crippen molar-refractivity contribution in [3.05, 3.63) is 93.5 Å². The Morgan fingerprint density at radius 2 is 1.41 bits per heavy atom. The van der Waals surface area contributed by atoms with E-state index < -0.39 is 10.0 Å². The average Bonchev–Trinajstić information content (AvgIpc) is 2.77. The summed E-state index contributed by atoms with van der Waals surface area (Å²) in [5.74, 6) is -0.688. The van der Waals surface area contributed by atoms with Crippen LogP contribution in [0.3, 0.4) is 0 Å². The quantitative estimate of drug-likeness (QED) is 0.462. The van der Waals surface area contributed by atoms with E-state index in [9.17, 15) is 18.0 Å². The average molecular weight is 492 g/mol. The number of hydrogen-bond donors (Lipinski definition) is 3. The zero-order valence-electron chi connectivity index (χ0n) is 16.9. The number of halogens is 2. The Morgan fingerprint density at radius 3 is 1.97 bits per heavy atom. The van der Waals surface area contributed by atoms with Gasteiger partial charge in [0.2, 0.25) is 10.0 Å². The number of sulfonamides is 1. The van der Waals surface area contributed by atoms with Gasteiger partial charge in [-0.15, -0.1) is 0 Å². The molecular formula is C22H19Cl2N3O4S. The highest BCUT2D eigenvalue weighted by molar-refractivity contribution is 7.89. The van der Waals surface area contributed by atoms with Gasteiger partial charge in [0.05, 0.1) is 4.90 Å². The summed E-state index contributed by atoms with van der Waals surface area (Å²) in [5.41, 5.74) is 1.97. The Labute approximate surface area is 195 Å². The smallest absolute Gasteiger partial charge is 0.255 e. The lowest BCUT2D eigenvalue weighted by molar-refractivity contribution is 0.0950. The summed E-state index contributed by atoms with van der Waals surface area (Å²) < 4.78 is 25.7. The van der Waals surface area contributed by atoms with Gasteiger partial charge in [-0.3, -0.25) is 9.59 Å². The van der Waals surface area contributed by atoms with Gasteiger partial charge >= 0.3 is 0 Å². The van der Waals surface area contributed by atoms with E-state index in [1.165, 1.54) is 37.4 Å². The number of amides is 2. The lowest BCUT2D eigenvalue weighted by Gasteiger charge is -2.09. The molecule has 3 N–H and O–H groups in total. The number of carbonyl (C=O) groups excluding carboxylic acids is 2. The molecule has 32 heavy (non-hydrogen) atoms. The van der Waals surface area contributed by atoms with Crippen molar-refractivity contribution >= 4 is 50.7 Å². The first-order chi connectivity index (χ1) is 15.2. The van der Waals surface area contributed by atoms with Crippen LogP contribution in [0.2, 0.25) is 10.0 Å². The van der Waals surface area contributed by atoms with Crippen molar-refractivity contribution < 1.29 is 18.0 Å². The van der Waals surface area contributed by atoms with Crippen LogP contribution in [0.15, 0.2) is 71.6 Å². The highest BCUT2D eigenvalue weighted by atomic mass is 35.5. The maximum absolute atomic E-state index is 12.4. The molecule has 0 saturated heterocycles. The summed E-state index contributed by atoms with van der Waals surface area (Å²) in [6, 6.07) is 17.1. The third kappa shape index (κ3) is 6.08. The van der Waals surface area contributed by atoms with Crippen molar-refractivity contribution in [3.8, 4) is 0 Å². The summed E-state index contributed by atoms with van der Waals surface area (Å²) in [5, 5.41) is 6.19. The minimum atomic E-state index is -3.50. The molecule has 10 heteroatoms. The predicted molar refractivity (Wildman–Crippen MR) is 125 cm³/mol. The van der Waals surface area contributed by atoms with E-state index in [0.29, 0.717) is 26.9 Å². The Hall–Kier alpha value is -2.91. The minimum Gasteiger partial charge on any atom is -0.348 e. The van der Waals surface area contributed by atoms with Crippen molar-refractivity contribution in [3.63, 3.8) is 0 Å². The van der Waals surface area contributed by atoms with Crippen molar-refractivity contribution in [2.45, 2.75) is 11.4 Å². The number of nitrogens with one attached hydrogen (secondary N) is 3. The SMILES string of the molecule is CNS(=O)(=O)c1ccc(CNC(=O)c2ccc(NC(=O)c3cc(Cl)cc(Cl)c3)cc2)cc1. The third-order valence-electron chi connectivity index (χ3n) is 4.49. The van der Waals surface area contributed by atoms with Crippen LogP contribution in [0.1, 0.15) is 26.3 Å². The normalized spacial score (nSPS) is 11.1. The second kappa shape index (κ2) is 10.1. The zero-order chi connectivity index (χ0) is 23.3. The molecule has 0 radical (unpaired) electrons. The Bertz CT molecular complexity index is 1220. The van der Waals surface area contributed by atoms with Crippen molar-refractivity contribution in [1.29, 1.82) is 0 Å². The molecular weight excluding hydrogens is 473 g/mol. The molecule has 2 amide bonds. The van der Waals surface area contributed by atoms with Crippen LogP contribution in [-0.4, -0.2) is 27.3 Å². The number of carbonyl (C=O) groups is 2. The molecule has 3 aromatic carbocycles. The van der Waals surface area contributed by atoms with Crippen LogP contribution in [0.4, 0.5) is 5.69 Å². The van der Waals surface area contributed by atoms with E-state index in [1.807, 2.05) is 0 Å². The fourth-order valence-electron chi connectivity index (χ4n) is 2.78. The van der Waals surface area contributed by atoms with Gasteiger partial charge in [-0.1, -0.05) is 35.3 Å². The Balaban J connectivity index is 1.58. The van der Waals surface area contributed by atoms with Crippen LogP contribution >= 0.6 is 23.2 Å². The zero-order valence-corrected chi connectivity index (χ0v) is 19.2. The van der Waals surface area contributed by atoms with Crippen LogP contribution in [0.25, 0.3) is 0 Å². The summed E-state index contributed by atoms with van der Waals surface area (Å²) in [4.78, 5) is 24.9. The molecule has 166 valence electrons. The topological polar surface area (TPSA) is 104 Å². The number of rotatable bonds is 7. The van der Waals surface area contributed by atoms with Gasteiger partial charge in [-0.2, -0.15) is 0 Å². The maximum Gasteiger partial charge on any atom is 0.255 e. The largest absolute Gasteiger partial charge is 0.348 e. The van der Waals surface area contributed by atoms with E-state index in [2.05, 4.69) is 15.4 Å². The molecule has 0 unspecified atom stereocenters. The van der Waals surface area contributed by atoms with Crippen molar-refractivity contribution in [2.75, 3.05) is 12.4 Å². The summed E-state index contributed by atoms with van der Waals surface area (Å²) in [6.07, 6.45) is 0. The molecule has 0 aromatic heterocycles. The highest BCUT2D eigenvalue weighted by Crippen LogP contribution is 2.20. The summed E-state index contributed by atoms with van der Waals surface area (Å²) >= 11 is 11.8. The molecule has 0 bridgehead atoms. The van der Waals surface area contributed by atoms with Crippen molar-refractivity contribution in [2.24, 2.45) is 0 Å². The molecule has 0 spiro atoms. The summed E-state index contributed by atoms with van der Waals surface area (Å²) in [6.45, 7) is 0.229. The van der Waals surface area contributed by atoms with Crippen LogP contribution < -0.4 is 15.4 Å². The first-order valence-corrected chi connectivity index (χ1v) is 11.6. The predicted octanol–water partition coefficient (Wildman–Crippen LogP) is 4.08. The molecule has 0 atom stereocenters. The monoisotopic (exact) mass is 491 g/mol. The van der Waals surface area contributed by atoms with Gasteiger partial charge in [0.1, 0.15) is 0 Å². The standard InChI is InChI=1S/C22H19Cl2N3O4S/c1-25-32(30,31)20-8-2-14(3-9-20)13-26-21(28)15-4-6-19(7-5-15)27-22(29)16-10-17(23)12-18(24)11-16/h2-12,25H,13H2,1H3,(H,26,28)(H,27,29). The van der Waals surface area contributed by atoms with Gasteiger partial charge in [0.25, 0.3) is 11.8 Å².